The summed E-state index contributed by atoms with van der Waals surface area (Å²) in [5.41, 5.74) is 1.96. The van der Waals surface area contributed by atoms with Crippen molar-refractivity contribution >= 4 is 34.0 Å². The molecule has 0 bridgehead atoms. The molecule has 1 aromatic heterocycles. The van der Waals surface area contributed by atoms with Crippen LogP contribution in [0, 0.1) is 12.8 Å². The van der Waals surface area contributed by atoms with Gasteiger partial charge in [0.2, 0.25) is 0 Å². The lowest BCUT2D eigenvalue weighted by Crippen LogP contribution is -2.27. The van der Waals surface area contributed by atoms with Gasteiger partial charge in [0, 0.05) is 53.0 Å². The number of rotatable bonds is 4. The Balaban J connectivity index is 1.62. The standard InChI is InChI=1S/C23H23ClN2O3/c1-15-5-6-17(13-20(15)24)22(27)25-21-4-2-3-19-18(21)7-10-26(23(19)28)14-16-8-11-29-12-9-16/h2-7,10,13,16H,8-9,11-12,14H2,1H3,(H,25,27). The van der Waals surface area contributed by atoms with Crippen molar-refractivity contribution in [2.75, 3.05) is 18.5 Å². The quantitative estimate of drug-likeness (QED) is 0.681. The first kappa shape index (κ1) is 19.7. The minimum absolute atomic E-state index is 0.0385. The minimum Gasteiger partial charge on any atom is -0.381 e. The maximum absolute atomic E-state index is 13.0. The lowest BCUT2D eigenvalue weighted by Gasteiger charge is -2.23. The van der Waals surface area contributed by atoms with Crippen LogP contribution in [0.15, 0.2) is 53.5 Å². The molecular formula is C23H23ClN2O3. The molecule has 1 saturated heterocycles. The van der Waals surface area contributed by atoms with Gasteiger partial charge in [-0.05, 0) is 61.6 Å². The van der Waals surface area contributed by atoms with E-state index < -0.39 is 0 Å². The van der Waals surface area contributed by atoms with Crippen LogP contribution in [0.1, 0.15) is 28.8 Å². The van der Waals surface area contributed by atoms with Gasteiger partial charge in [0.1, 0.15) is 0 Å². The molecule has 0 spiro atoms. The molecule has 5 nitrogen and oxygen atoms in total. The van der Waals surface area contributed by atoms with E-state index in [0.717, 1.165) is 37.0 Å². The third-order valence-electron chi connectivity index (χ3n) is 5.50. The molecule has 0 atom stereocenters. The number of pyridine rings is 1. The van der Waals surface area contributed by atoms with Crippen LogP contribution in [0.5, 0.6) is 0 Å². The fourth-order valence-electron chi connectivity index (χ4n) is 3.71. The molecular weight excluding hydrogens is 388 g/mol. The largest absolute Gasteiger partial charge is 0.381 e. The SMILES string of the molecule is Cc1ccc(C(=O)Nc2cccc3c(=O)n(CC4CCOCC4)ccc23)cc1Cl. The molecule has 150 valence electrons. The highest BCUT2D eigenvalue weighted by molar-refractivity contribution is 6.31. The second kappa shape index (κ2) is 8.39. The molecule has 1 aliphatic heterocycles. The summed E-state index contributed by atoms with van der Waals surface area (Å²) in [6.45, 7) is 4.09. The van der Waals surface area contributed by atoms with Crippen LogP contribution in [0.4, 0.5) is 5.69 Å². The van der Waals surface area contributed by atoms with E-state index in [-0.39, 0.29) is 11.5 Å². The van der Waals surface area contributed by atoms with Crippen molar-refractivity contribution in [3.05, 3.63) is 75.2 Å². The summed E-state index contributed by atoms with van der Waals surface area (Å²) in [6, 6.07) is 12.5. The maximum Gasteiger partial charge on any atom is 0.258 e. The number of carbonyl (C=O) groups is 1. The third kappa shape index (κ3) is 4.21. The Hall–Kier alpha value is -2.63. The molecule has 3 aromatic rings. The molecule has 6 heteroatoms. The summed E-state index contributed by atoms with van der Waals surface area (Å²) < 4.78 is 7.17. The molecule has 2 heterocycles. The number of hydrogen-bond acceptors (Lipinski definition) is 3. The molecule has 1 fully saturated rings. The van der Waals surface area contributed by atoms with Crippen LogP contribution >= 0.6 is 11.6 Å². The number of nitrogens with one attached hydrogen (secondary N) is 1. The number of aryl methyl sites for hydroxylation is 1. The van der Waals surface area contributed by atoms with Gasteiger partial charge in [-0.3, -0.25) is 9.59 Å². The Bertz CT molecular complexity index is 1120. The average Bonchev–Trinajstić information content (AvgIpc) is 2.73. The number of ether oxygens (including phenoxy) is 1. The van der Waals surface area contributed by atoms with Gasteiger partial charge in [0.05, 0.1) is 0 Å². The molecule has 29 heavy (non-hydrogen) atoms. The number of hydrogen-bond donors (Lipinski definition) is 1. The van der Waals surface area contributed by atoms with E-state index in [1.54, 1.807) is 34.9 Å². The molecule has 0 saturated carbocycles. The topological polar surface area (TPSA) is 60.3 Å². The van der Waals surface area contributed by atoms with Crippen molar-refractivity contribution in [3.63, 3.8) is 0 Å². The number of aromatic nitrogens is 1. The van der Waals surface area contributed by atoms with Gasteiger partial charge in [-0.25, -0.2) is 0 Å². The van der Waals surface area contributed by atoms with Crippen LogP contribution in [-0.2, 0) is 11.3 Å². The van der Waals surface area contributed by atoms with Crippen LogP contribution in [0.25, 0.3) is 10.8 Å². The number of benzene rings is 2. The first-order valence-electron chi connectivity index (χ1n) is 9.80. The van der Waals surface area contributed by atoms with Crippen LogP contribution in [0.3, 0.4) is 0 Å². The summed E-state index contributed by atoms with van der Waals surface area (Å²) in [6.07, 6.45) is 3.76. The lowest BCUT2D eigenvalue weighted by molar-refractivity contribution is 0.0610. The molecule has 0 unspecified atom stereocenters. The molecule has 1 aliphatic rings. The lowest BCUT2D eigenvalue weighted by atomic mass is 10.00. The smallest absolute Gasteiger partial charge is 0.258 e. The van der Waals surface area contributed by atoms with E-state index in [1.165, 1.54) is 0 Å². The van der Waals surface area contributed by atoms with Crippen molar-refractivity contribution in [3.8, 4) is 0 Å². The maximum atomic E-state index is 13.0. The summed E-state index contributed by atoms with van der Waals surface area (Å²) in [7, 11) is 0. The zero-order chi connectivity index (χ0) is 20.4. The van der Waals surface area contributed by atoms with Crippen molar-refractivity contribution in [1.29, 1.82) is 0 Å². The second-order valence-electron chi connectivity index (χ2n) is 7.51. The van der Waals surface area contributed by atoms with E-state index in [1.807, 2.05) is 25.3 Å². The van der Waals surface area contributed by atoms with E-state index in [2.05, 4.69) is 5.32 Å². The van der Waals surface area contributed by atoms with Gasteiger partial charge in [0.15, 0.2) is 0 Å². The predicted molar refractivity (Wildman–Crippen MR) is 116 cm³/mol. The molecule has 2 aromatic carbocycles. The van der Waals surface area contributed by atoms with Gasteiger partial charge in [-0.15, -0.1) is 0 Å². The Morgan fingerprint density at radius 3 is 2.72 bits per heavy atom. The normalized spacial score (nSPS) is 14.8. The number of amides is 1. The number of fused-ring (bicyclic) bond motifs is 1. The average molecular weight is 411 g/mol. The van der Waals surface area contributed by atoms with E-state index in [0.29, 0.717) is 34.1 Å². The zero-order valence-electron chi connectivity index (χ0n) is 16.3. The zero-order valence-corrected chi connectivity index (χ0v) is 17.0. The highest BCUT2D eigenvalue weighted by Crippen LogP contribution is 2.24. The fraction of sp³-hybridized carbons (Fsp3) is 0.304. The Morgan fingerprint density at radius 2 is 1.97 bits per heavy atom. The number of anilines is 1. The number of nitrogens with zero attached hydrogens (tertiary/aromatic N) is 1. The van der Waals surface area contributed by atoms with E-state index in [4.69, 9.17) is 16.3 Å². The van der Waals surface area contributed by atoms with E-state index >= 15 is 0 Å². The summed E-state index contributed by atoms with van der Waals surface area (Å²) >= 11 is 6.14. The molecule has 4 rings (SSSR count). The van der Waals surface area contributed by atoms with Crippen LogP contribution in [0.2, 0.25) is 5.02 Å². The van der Waals surface area contributed by atoms with E-state index in [9.17, 15) is 9.59 Å². The van der Waals surface area contributed by atoms with Crippen molar-refractivity contribution in [2.24, 2.45) is 5.92 Å². The summed E-state index contributed by atoms with van der Waals surface area (Å²) in [5.74, 6) is 0.193. The number of carbonyl (C=O) groups excluding carboxylic acids is 1. The van der Waals surface area contributed by atoms with Gasteiger partial charge in [0.25, 0.3) is 11.5 Å². The third-order valence-corrected chi connectivity index (χ3v) is 5.90. The highest BCUT2D eigenvalue weighted by atomic mass is 35.5. The van der Waals surface area contributed by atoms with Gasteiger partial charge in [-0.1, -0.05) is 23.7 Å². The first-order chi connectivity index (χ1) is 14.0. The Morgan fingerprint density at radius 1 is 1.17 bits per heavy atom. The second-order valence-corrected chi connectivity index (χ2v) is 7.92. The van der Waals surface area contributed by atoms with Gasteiger partial charge < -0.3 is 14.6 Å². The van der Waals surface area contributed by atoms with Gasteiger partial charge >= 0.3 is 0 Å². The molecule has 0 radical (unpaired) electrons. The molecule has 1 N–H and O–H groups in total. The fourth-order valence-corrected chi connectivity index (χ4v) is 3.89. The van der Waals surface area contributed by atoms with Crippen molar-refractivity contribution in [1.82, 2.24) is 4.57 Å². The van der Waals surface area contributed by atoms with Crippen LogP contribution in [-0.4, -0.2) is 23.7 Å². The molecule has 0 aliphatic carbocycles. The first-order valence-corrected chi connectivity index (χ1v) is 10.2. The highest BCUT2D eigenvalue weighted by Gasteiger charge is 2.16. The minimum atomic E-state index is -0.259. The van der Waals surface area contributed by atoms with Crippen LogP contribution < -0.4 is 10.9 Å². The summed E-state index contributed by atoms with van der Waals surface area (Å²) in [4.78, 5) is 25.7. The Kier molecular flexibility index (Phi) is 5.69. The van der Waals surface area contributed by atoms with Gasteiger partial charge in [-0.2, -0.15) is 0 Å². The summed E-state index contributed by atoms with van der Waals surface area (Å²) in [5, 5.41) is 4.79. The monoisotopic (exact) mass is 410 g/mol. The Labute approximate surface area is 174 Å². The predicted octanol–water partition coefficient (Wildman–Crippen LogP) is 4.64. The van der Waals surface area contributed by atoms with Crippen molar-refractivity contribution in [2.45, 2.75) is 26.3 Å². The number of halogens is 1. The molecule has 1 amide bonds. The van der Waals surface area contributed by atoms with Crippen molar-refractivity contribution < 1.29 is 9.53 Å².